The molecule has 80 valence electrons. The molecule has 0 amide bonds. The largest absolute Gasteiger partial charge is 0.396 e. The summed E-state index contributed by atoms with van der Waals surface area (Å²) in [6, 6.07) is 0. The average molecular weight is 191 g/mol. The molecule has 0 saturated heterocycles. The maximum Gasteiger partial charge on any atom is 0.0518 e. The molecule has 0 aromatic heterocycles. The fraction of sp³-hybridized carbons (Fsp3) is 1.00. The van der Waals surface area contributed by atoms with Gasteiger partial charge in [-0.3, -0.25) is 0 Å². The molecule has 13 heavy (non-hydrogen) atoms. The summed E-state index contributed by atoms with van der Waals surface area (Å²) in [7, 11) is 1.67. The van der Waals surface area contributed by atoms with Crippen molar-refractivity contribution >= 4 is 0 Å². The van der Waals surface area contributed by atoms with Gasteiger partial charge in [0.05, 0.1) is 13.2 Å². The van der Waals surface area contributed by atoms with E-state index in [4.69, 9.17) is 14.9 Å². The van der Waals surface area contributed by atoms with Gasteiger partial charge in [0.25, 0.3) is 0 Å². The molecule has 0 spiro atoms. The van der Waals surface area contributed by atoms with E-state index in [1.165, 1.54) is 0 Å². The van der Waals surface area contributed by atoms with Crippen LogP contribution in [0.2, 0.25) is 0 Å². The van der Waals surface area contributed by atoms with Crippen LogP contribution in [-0.2, 0) is 4.74 Å². The van der Waals surface area contributed by atoms with E-state index in [1.54, 1.807) is 7.11 Å². The highest BCUT2D eigenvalue weighted by molar-refractivity contribution is 4.74. The van der Waals surface area contributed by atoms with Crippen LogP contribution in [0.1, 0.15) is 13.3 Å². The van der Waals surface area contributed by atoms with E-state index in [9.17, 15) is 0 Å². The molecule has 0 aliphatic carbocycles. The molecule has 0 bridgehead atoms. The van der Waals surface area contributed by atoms with Crippen LogP contribution < -0.4 is 5.32 Å². The Balaban J connectivity index is 3.39. The van der Waals surface area contributed by atoms with Crippen molar-refractivity contribution in [2.45, 2.75) is 13.3 Å². The third-order valence-electron chi connectivity index (χ3n) is 2.02. The van der Waals surface area contributed by atoms with Crippen molar-refractivity contribution in [3.8, 4) is 0 Å². The Morgan fingerprint density at radius 2 is 1.92 bits per heavy atom. The Labute approximate surface area is 79.9 Å². The monoisotopic (exact) mass is 191 g/mol. The van der Waals surface area contributed by atoms with Gasteiger partial charge in [0.15, 0.2) is 0 Å². The standard InChI is InChI=1S/C9H21NO3/c1-9(7-11,8-12)6-10-4-3-5-13-2/h10-12H,3-8H2,1-2H3. The second-order valence-electron chi connectivity index (χ2n) is 3.65. The lowest BCUT2D eigenvalue weighted by Crippen LogP contribution is -2.38. The first-order chi connectivity index (χ1) is 6.18. The molecular formula is C9H21NO3. The van der Waals surface area contributed by atoms with Crippen LogP contribution in [0.5, 0.6) is 0 Å². The summed E-state index contributed by atoms with van der Waals surface area (Å²) in [4.78, 5) is 0. The van der Waals surface area contributed by atoms with Crippen molar-refractivity contribution in [1.29, 1.82) is 0 Å². The summed E-state index contributed by atoms with van der Waals surface area (Å²) in [5.74, 6) is 0. The minimum atomic E-state index is -0.410. The Morgan fingerprint density at radius 1 is 1.31 bits per heavy atom. The molecular weight excluding hydrogens is 170 g/mol. The zero-order valence-electron chi connectivity index (χ0n) is 8.55. The highest BCUT2D eigenvalue weighted by Crippen LogP contribution is 2.11. The van der Waals surface area contributed by atoms with Gasteiger partial charge in [-0.05, 0) is 13.0 Å². The highest BCUT2D eigenvalue weighted by Gasteiger charge is 2.21. The minimum absolute atomic E-state index is 0.000772. The van der Waals surface area contributed by atoms with Gasteiger partial charge in [-0.1, -0.05) is 6.92 Å². The summed E-state index contributed by atoms with van der Waals surface area (Å²) in [6.45, 7) is 4.06. The number of nitrogens with one attached hydrogen (secondary N) is 1. The second-order valence-corrected chi connectivity index (χ2v) is 3.65. The number of aliphatic hydroxyl groups excluding tert-OH is 2. The van der Waals surface area contributed by atoms with Crippen molar-refractivity contribution in [1.82, 2.24) is 5.32 Å². The summed E-state index contributed by atoms with van der Waals surface area (Å²) in [6.07, 6.45) is 0.948. The van der Waals surface area contributed by atoms with Crippen LogP contribution in [0.4, 0.5) is 0 Å². The molecule has 0 aliphatic heterocycles. The highest BCUT2D eigenvalue weighted by atomic mass is 16.5. The Bertz CT molecular complexity index is 115. The van der Waals surface area contributed by atoms with Crippen molar-refractivity contribution in [3.63, 3.8) is 0 Å². The maximum absolute atomic E-state index is 8.96. The number of ether oxygens (including phenoxy) is 1. The number of hydrogen-bond acceptors (Lipinski definition) is 4. The first kappa shape index (κ1) is 12.8. The van der Waals surface area contributed by atoms with Crippen molar-refractivity contribution in [2.75, 3.05) is 40.0 Å². The predicted octanol–water partition coefficient (Wildman–Crippen LogP) is -0.397. The fourth-order valence-electron chi connectivity index (χ4n) is 0.893. The van der Waals surface area contributed by atoms with Gasteiger partial charge in [0, 0.05) is 25.7 Å². The summed E-state index contributed by atoms with van der Waals surface area (Å²) < 4.78 is 4.89. The molecule has 0 heterocycles. The van der Waals surface area contributed by atoms with Crippen molar-refractivity contribution < 1.29 is 14.9 Å². The van der Waals surface area contributed by atoms with E-state index in [-0.39, 0.29) is 13.2 Å². The molecule has 4 nitrogen and oxygen atoms in total. The Hall–Kier alpha value is -0.160. The number of hydrogen-bond donors (Lipinski definition) is 3. The molecule has 0 fully saturated rings. The van der Waals surface area contributed by atoms with Crippen molar-refractivity contribution in [2.24, 2.45) is 5.41 Å². The van der Waals surface area contributed by atoms with E-state index < -0.39 is 5.41 Å². The zero-order valence-corrected chi connectivity index (χ0v) is 8.55. The maximum atomic E-state index is 8.96. The van der Waals surface area contributed by atoms with Crippen LogP contribution >= 0.6 is 0 Å². The van der Waals surface area contributed by atoms with E-state index >= 15 is 0 Å². The second kappa shape index (κ2) is 7.26. The lowest BCUT2D eigenvalue weighted by atomic mass is 9.93. The summed E-state index contributed by atoms with van der Waals surface area (Å²) in [5.41, 5.74) is -0.410. The summed E-state index contributed by atoms with van der Waals surface area (Å²) in [5, 5.41) is 21.1. The molecule has 0 aromatic rings. The number of methoxy groups -OCH3 is 1. The zero-order chi connectivity index (χ0) is 10.2. The molecule has 0 radical (unpaired) electrons. The molecule has 3 N–H and O–H groups in total. The third-order valence-corrected chi connectivity index (χ3v) is 2.02. The number of aliphatic hydroxyl groups is 2. The van der Waals surface area contributed by atoms with Gasteiger partial charge in [-0.25, -0.2) is 0 Å². The van der Waals surface area contributed by atoms with Crippen molar-refractivity contribution in [3.05, 3.63) is 0 Å². The van der Waals surface area contributed by atoms with Gasteiger partial charge < -0.3 is 20.3 Å². The van der Waals surface area contributed by atoms with E-state index in [2.05, 4.69) is 5.32 Å². The SMILES string of the molecule is COCCCNCC(C)(CO)CO. The van der Waals surface area contributed by atoms with Gasteiger partial charge in [0.1, 0.15) is 0 Å². The fourth-order valence-corrected chi connectivity index (χ4v) is 0.893. The molecule has 0 atom stereocenters. The van der Waals surface area contributed by atoms with Gasteiger partial charge in [-0.15, -0.1) is 0 Å². The first-order valence-electron chi connectivity index (χ1n) is 4.60. The van der Waals surface area contributed by atoms with Crippen LogP contribution in [0.15, 0.2) is 0 Å². The molecule has 4 heteroatoms. The van der Waals surface area contributed by atoms with E-state index in [0.29, 0.717) is 6.54 Å². The van der Waals surface area contributed by atoms with E-state index in [0.717, 1.165) is 19.6 Å². The molecule has 0 saturated carbocycles. The van der Waals surface area contributed by atoms with Crippen LogP contribution in [0, 0.1) is 5.41 Å². The number of rotatable bonds is 8. The van der Waals surface area contributed by atoms with Crippen LogP contribution in [0.25, 0.3) is 0 Å². The molecule has 0 rings (SSSR count). The lowest BCUT2D eigenvalue weighted by molar-refractivity contribution is 0.0693. The first-order valence-corrected chi connectivity index (χ1v) is 4.60. The van der Waals surface area contributed by atoms with Gasteiger partial charge in [-0.2, -0.15) is 0 Å². The normalized spacial score (nSPS) is 12.0. The average Bonchev–Trinajstić information content (AvgIpc) is 2.17. The summed E-state index contributed by atoms with van der Waals surface area (Å²) >= 11 is 0. The van der Waals surface area contributed by atoms with E-state index in [1.807, 2.05) is 6.92 Å². The minimum Gasteiger partial charge on any atom is -0.396 e. The lowest BCUT2D eigenvalue weighted by Gasteiger charge is -2.24. The van der Waals surface area contributed by atoms with Crippen LogP contribution in [-0.4, -0.2) is 50.2 Å². The molecule has 0 aliphatic rings. The Kier molecular flexibility index (Phi) is 7.17. The van der Waals surface area contributed by atoms with Gasteiger partial charge >= 0.3 is 0 Å². The quantitative estimate of drug-likeness (QED) is 0.457. The topological polar surface area (TPSA) is 61.7 Å². The molecule has 0 unspecified atom stereocenters. The smallest absolute Gasteiger partial charge is 0.0518 e. The van der Waals surface area contributed by atoms with Crippen LogP contribution in [0.3, 0.4) is 0 Å². The molecule has 0 aromatic carbocycles. The Morgan fingerprint density at radius 3 is 2.38 bits per heavy atom. The van der Waals surface area contributed by atoms with Gasteiger partial charge in [0.2, 0.25) is 0 Å². The predicted molar refractivity (Wildman–Crippen MR) is 51.6 cm³/mol. The third kappa shape index (κ3) is 5.99.